The smallest absolute Gasteiger partial charge is 0.147 e. The monoisotopic (exact) mass is 214 g/mol. The maximum atomic E-state index is 5.67. The van der Waals surface area contributed by atoms with Gasteiger partial charge in [-0.25, -0.2) is 0 Å². The van der Waals surface area contributed by atoms with Crippen LogP contribution < -0.4 is 5.73 Å². The summed E-state index contributed by atoms with van der Waals surface area (Å²) >= 11 is 0. The number of hydrogen-bond acceptors (Lipinski definition) is 3. The molecule has 0 unspecified atom stereocenters. The molecule has 0 saturated heterocycles. The predicted octanol–water partition coefficient (Wildman–Crippen LogP) is 0.884. The van der Waals surface area contributed by atoms with Crippen LogP contribution in [0.1, 0.15) is 22.8 Å². The third kappa shape index (κ3) is 1.42. The molecule has 2 heterocycles. The Morgan fingerprint density at radius 2 is 1.94 bits per heavy atom. The molecule has 1 aliphatic rings. The molecule has 3 rings (SSSR count). The summed E-state index contributed by atoms with van der Waals surface area (Å²) in [5.74, 6) is 1.93. The van der Waals surface area contributed by atoms with E-state index in [2.05, 4.69) is 39.0 Å². The second kappa shape index (κ2) is 3.72. The summed E-state index contributed by atoms with van der Waals surface area (Å²) in [6, 6.07) is 8.54. The maximum absolute atomic E-state index is 5.67. The second-order valence-corrected chi connectivity index (χ2v) is 4.09. The molecular formula is C12H14N4. The minimum absolute atomic E-state index is 0.454. The van der Waals surface area contributed by atoms with Crippen molar-refractivity contribution in [3.05, 3.63) is 47.0 Å². The average Bonchev–Trinajstić information content (AvgIpc) is 2.61. The molecule has 16 heavy (non-hydrogen) atoms. The predicted molar refractivity (Wildman–Crippen MR) is 60.9 cm³/mol. The molecule has 0 atom stereocenters. The van der Waals surface area contributed by atoms with Crippen molar-refractivity contribution < 1.29 is 0 Å². The van der Waals surface area contributed by atoms with Crippen LogP contribution in [-0.2, 0) is 25.9 Å². The summed E-state index contributed by atoms with van der Waals surface area (Å²) in [4.78, 5) is 0. The van der Waals surface area contributed by atoms with E-state index in [1.54, 1.807) is 0 Å². The van der Waals surface area contributed by atoms with Crippen molar-refractivity contribution >= 4 is 0 Å². The Morgan fingerprint density at radius 3 is 2.75 bits per heavy atom. The first-order chi connectivity index (χ1) is 7.88. The van der Waals surface area contributed by atoms with E-state index in [-0.39, 0.29) is 0 Å². The highest BCUT2D eigenvalue weighted by Crippen LogP contribution is 2.19. The van der Waals surface area contributed by atoms with Crippen molar-refractivity contribution in [3.63, 3.8) is 0 Å². The average molecular weight is 214 g/mol. The molecule has 1 aromatic heterocycles. The molecule has 0 radical (unpaired) electrons. The minimum Gasteiger partial charge on any atom is -0.324 e. The van der Waals surface area contributed by atoms with E-state index < -0.39 is 0 Å². The van der Waals surface area contributed by atoms with Gasteiger partial charge >= 0.3 is 0 Å². The van der Waals surface area contributed by atoms with E-state index in [4.69, 9.17) is 5.73 Å². The van der Waals surface area contributed by atoms with E-state index in [1.165, 1.54) is 11.1 Å². The van der Waals surface area contributed by atoms with Crippen LogP contribution in [0.3, 0.4) is 0 Å². The quantitative estimate of drug-likeness (QED) is 0.766. The van der Waals surface area contributed by atoms with Crippen LogP contribution in [-0.4, -0.2) is 14.8 Å². The Hall–Kier alpha value is -1.68. The molecule has 82 valence electrons. The van der Waals surface area contributed by atoms with E-state index in [1.807, 2.05) is 0 Å². The fourth-order valence-electron chi connectivity index (χ4n) is 2.26. The van der Waals surface area contributed by atoms with E-state index in [0.717, 1.165) is 31.0 Å². The van der Waals surface area contributed by atoms with Crippen molar-refractivity contribution in [2.24, 2.45) is 5.73 Å². The van der Waals surface area contributed by atoms with Gasteiger partial charge in [0.1, 0.15) is 11.6 Å². The summed E-state index contributed by atoms with van der Waals surface area (Å²) in [6.45, 7) is 1.31. The van der Waals surface area contributed by atoms with Crippen LogP contribution in [0.5, 0.6) is 0 Å². The molecule has 0 spiro atoms. The van der Waals surface area contributed by atoms with Gasteiger partial charge in [-0.15, -0.1) is 10.2 Å². The van der Waals surface area contributed by atoms with Crippen LogP contribution in [0.2, 0.25) is 0 Å². The standard InChI is InChI=1S/C12H14N4/c13-7-12-15-14-11-6-5-9-3-1-2-4-10(9)8-16(11)12/h1-4H,5-8,13H2. The third-order valence-electron chi connectivity index (χ3n) is 3.15. The molecule has 1 aliphatic heterocycles. The van der Waals surface area contributed by atoms with Gasteiger partial charge in [-0.05, 0) is 17.5 Å². The van der Waals surface area contributed by atoms with Crippen molar-refractivity contribution in [1.29, 1.82) is 0 Å². The van der Waals surface area contributed by atoms with E-state index >= 15 is 0 Å². The molecule has 2 aromatic rings. The highest BCUT2D eigenvalue weighted by Gasteiger charge is 2.16. The SMILES string of the molecule is NCc1nnc2n1Cc1ccccc1CC2. The highest BCUT2D eigenvalue weighted by atomic mass is 15.3. The lowest BCUT2D eigenvalue weighted by atomic mass is 10.0. The molecule has 0 saturated carbocycles. The summed E-state index contributed by atoms with van der Waals surface area (Å²) in [5.41, 5.74) is 8.44. The summed E-state index contributed by atoms with van der Waals surface area (Å²) in [5, 5.41) is 8.32. The van der Waals surface area contributed by atoms with Gasteiger partial charge in [-0.3, -0.25) is 0 Å². The van der Waals surface area contributed by atoms with Gasteiger partial charge in [-0.2, -0.15) is 0 Å². The largest absolute Gasteiger partial charge is 0.324 e. The Labute approximate surface area is 94.1 Å². The van der Waals surface area contributed by atoms with Gasteiger partial charge in [-0.1, -0.05) is 24.3 Å². The molecular weight excluding hydrogens is 200 g/mol. The Balaban J connectivity index is 2.08. The first kappa shape index (κ1) is 9.54. The summed E-state index contributed by atoms with van der Waals surface area (Å²) in [6.07, 6.45) is 1.99. The van der Waals surface area contributed by atoms with Crippen molar-refractivity contribution in [2.45, 2.75) is 25.9 Å². The Morgan fingerprint density at radius 1 is 1.12 bits per heavy atom. The van der Waals surface area contributed by atoms with Crippen LogP contribution >= 0.6 is 0 Å². The van der Waals surface area contributed by atoms with Gasteiger partial charge in [0, 0.05) is 6.42 Å². The van der Waals surface area contributed by atoms with Gasteiger partial charge in [0.2, 0.25) is 0 Å². The number of rotatable bonds is 1. The lowest BCUT2D eigenvalue weighted by molar-refractivity contribution is 0.697. The van der Waals surface area contributed by atoms with E-state index in [0.29, 0.717) is 6.54 Å². The zero-order valence-corrected chi connectivity index (χ0v) is 9.06. The number of aromatic nitrogens is 3. The van der Waals surface area contributed by atoms with Gasteiger partial charge in [0.05, 0.1) is 13.1 Å². The Kier molecular flexibility index (Phi) is 2.22. The molecule has 1 aromatic carbocycles. The molecule has 4 nitrogen and oxygen atoms in total. The molecule has 0 aliphatic carbocycles. The van der Waals surface area contributed by atoms with E-state index in [9.17, 15) is 0 Å². The summed E-state index contributed by atoms with van der Waals surface area (Å²) in [7, 11) is 0. The zero-order chi connectivity index (χ0) is 11.0. The first-order valence-corrected chi connectivity index (χ1v) is 5.56. The topological polar surface area (TPSA) is 56.7 Å². The maximum Gasteiger partial charge on any atom is 0.147 e. The Bertz CT molecular complexity index is 515. The number of hydrogen-bond donors (Lipinski definition) is 1. The van der Waals surface area contributed by atoms with Gasteiger partial charge in [0.25, 0.3) is 0 Å². The fourth-order valence-corrected chi connectivity index (χ4v) is 2.26. The number of nitrogens with zero attached hydrogens (tertiary/aromatic N) is 3. The number of benzene rings is 1. The normalized spacial score (nSPS) is 14.1. The molecule has 0 amide bonds. The van der Waals surface area contributed by atoms with Crippen molar-refractivity contribution in [2.75, 3.05) is 0 Å². The molecule has 4 heteroatoms. The van der Waals surface area contributed by atoms with Crippen LogP contribution in [0.25, 0.3) is 0 Å². The van der Waals surface area contributed by atoms with Gasteiger partial charge in [0.15, 0.2) is 0 Å². The lowest BCUT2D eigenvalue weighted by Crippen LogP contribution is -2.10. The minimum atomic E-state index is 0.454. The highest BCUT2D eigenvalue weighted by molar-refractivity contribution is 5.30. The molecule has 2 N–H and O–H groups in total. The van der Waals surface area contributed by atoms with Crippen molar-refractivity contribution in [1.82, 2.24) is 14.8 Å². The number of nitrogens with two attached hydrogens (primary N) is 1. The molecule has 0 fully saturated rings. The lowest BCUT2D eigenvalue weighted by Gasteiger charge is -2.07. The zero-order valence-electron chi connectivity index (χ0n) is 9.06. The van der Waals surface area contributed by atoms with Crippen LogP contribution in [0.4, 0.5) is 0 Å². The molecule has 0 bridgehead atoms. The first-order valence-electron chi connectivity index (χ1n) is 5.56. The third-order valence-corrected chi connectivity index (χ3v) is 3.15. The summed E-state index contributed by atoms with van der Waals surface area (Å²) < 4.78 is 2.14. The number of fused-ring (bicyclic) bond motifs is 2. The van der Waals surface area contributed by atoms with Crippen LogP contribution in [0, 0.1) is 0 Å². The van der Waals surface area contributed by atoms with Crippen molar-refractivity contribution in [3.8, 4) is 0 Å². The fraction of sp³-hybridized carbons (Fsp3) is 0.333. The second-order valence-electron chi connectivity index (χ2n) is 4.09. The van der Waals surface area contributed by atoms with Crippen LogP contribution in [0.15, 0.2) is 24.3 Å². The number of aryl methyl sites for hydroxylation is 2. The van der Waals surface area contributed by atoms with Gasteiger partial charge < -0.3 is 10.3 Å².